The van der Waals surface area contributed by atoms with E-state index in [2.05, 4.69) is 5.32 Å². The highest BCUT2D eigenvalue weighted by Crippen LogP contribution is 2.34. The Morgan fingerprint density at radius 2 is 1.70 bits per heavy atom. The van der Waals surface area contributed by atoms with E-state index < -0.39 is 0 Å². The van der Waals surface area contributed by atoms with Gasteiger partial charge in [-0.15, -0.1) is 0 Å². The third kappa shape index (κ3) is 4.27. The monoisotopic (exact) mass is 407 g/mol. The number of fused-ring (bicyclic) bond motifs is 1. The lowest BCUT2D eigenvalue weighted by molar-refractivity contribution is -0.126. The zero-order chi connectivity index (χ0) is 21.1. The van der Waals surface area contributed by atoms with Gasteiger partial charge in [-0.3, -0.25) is 9.69 Å². The number of piperidine rings is 1. The van der Waals surface area contributed by atoms with E-state index in [1.165, 1.54) is 0 Å². The number of amides is 3. The maximum atomic E-state index is 13.2. The number of benzene rings is 2. The van der Waals surface area contributed by atoms with Crippen molar-refractivity contribution in [3.63, 3.8) is 0 Å². The summed E-state index contributed by atoms with van der Waals surface area (Å²) in [6, 6.07) is 17.6. The maximum absolute atomic E-state index is 13.2. The van der Waals surface area contributed by atoms with Crippen LogP contribution in [0.1, 0.15) is 38.3 Å². The van der Waals surface area contributed by atoms with E-state index in [0.29, 0.717) is 32.5 Å². The summed E-state index contributed by atoms with van der Waals surface area (Å²) in [6.45, 7) is 5.68. The highest BCUT2D eigenvalue weighted by atomic mass is 16.5. The number of carbonyl (C=O) groups is 2. The number of carbonyl (C=O) groups excluding carboxylic acids is 2. The minimum atomic E-state index is -0.0592. The number of nitrogens with zero attached hydrogens (tertiary/aromatic N) is 2. The number of likely N-dealkylation sites (tertiary alicyclic amines) is 1. The number of urea groups is 1. The summed E-state index contributed by atoms with van der Waals surface area (Å²) in [5, 5.41) is 3.12. The van der Waals surface area contributed by atoms with Gasteiger partial charge in [0.05, 0.1) is 18.3 Å². The Bertz CT molecular complexity index is 894. The van der Waals surface area contributed by atoms with Gasteiger partial charge < -0.3 is 15.0 Å². The molecule has 1 saturated heterocycles. The smallest absolute Gasteiger partial charge is 0.324 e. The average Bonchev–Trinajstić information content (AvgIpc) is 2.78. The van der Waals surface area contributed by atoms with Crippen molar-refractivity contribution in [1.29, 1.82) is 0 Å². The molecule has 1 N–H and O–H groups in total. The quantitative estimate of drug-likeness (QED) is 0.837. The van der Waals surface area contributed by atoms with Crippen LogP contribution in [0.3, 0.4) is 0 Å². The Balaban J connectivity index is 1.34. The zero-order valence-corrected chi connectivity index (χ0v) is 17.6. The molecule has 0 aliphatic carbocycles. The molecule has 2 aliphatic heterocycles. The van der Waals surface area contributed by atoms with Gasteiger partial charge >= 0.3 is 6.03 Å². The van der Waals surface area contributed by atoms with Crippen molar-refractivity contribution in [2.45, 2.75) is 38.8 Å². The lowest BCUT2D eigenvalue weighted by Gasteiger charge is -2.39. The second-order valence-electron chi connectivity index (χ2n) is 8.19. The number of anilines is 1. The molecule has 0 aromatic heterocycles. The van der Waals surface area contributed by atoms with E-state index in [1.807, 2.05) is 73.3 Å². The van der Waals surface area contributed by atoms with Crippen molar-refractivity contribution in [3.05, 3.63) is 60.2 Å². The molecule has 2 aliphatic rings. The molecule has 0 bridgehead atoms. The average molecular weight is 408 g/mol. The first-order chi connectivity index (χ1) is 14.5. The molecular formula is C24H29N3O3. The molecule has 2 heterocycles. The van der Waals surface area contributed by atoms with Crippen LogP contribution in [0.4, 0.5) is 10.5 Å². The molecule has 30 heavy (non-hydrogen) atoms. The highest BCUT2D eigenvalue weighted by Gasteiger charge is 2.34. The molecule has 0 saturated carbocycles. The zero-order valence-electron chi connectivity index (χ0n) is 17.6. The number of para-hydroxylation sites is 2. The second-order valence-corrected chi connectivity index (χ2v) is 8.19. The summed E-state index contributed by atoms with van der Waals surface area (Å²) < 4.78 is 5.86. The first-order valence-corrected chi connectivity index (χ1v) is 10.7. The fourth-order valence-electron chi connectivity index (χ4n) is 4.23. The molecule has 0 spiro atoms. The van der Waals surface area contributed by atoms with Crippen LogP contribution < -0.4 is 15.0 Å². The topological polar surface area (TPSA) is 61.9 Å². The minimum absolute atomic E-state index is 0.00545. The van der Waals surface area contributed by atoms with E-state index >= 15 is 0 Å². The maximum Gasteiger partial charge on any atom is 0.324 e. The summed E-state index contributed by atoms with van der Waals surface area (Å²) in [4.78, 5) is 29.6. The van der Waals surface area contributed by atoms with Crippen LogP contribution in [-0.4, -0.2) is 42.6 Å². The van der Waals surface area contributed by atoms with E-state index in [0.717, 1.165) is 17.0 Å². The van der Waals surface area contributed by atoms with Gasteiger partial charge in [0.1, 0.15) is 11.9 Å². The molecule has 1 fully saturated rings. The third-order valence-electron chi connectivity index (χ3n) is 5.95. The van der Waals surface area contributed by atoms with Crippen LogP contribution in [0.2, 0.25) is 0 Å². The van der Waals surface area contributed by atoms with Gasteiger partial charge in [0, 0.05) is 19.0 Å². The Morgan fingerprint density at radius 1 is 1.03 bits per heavy atom. The molecule has 0 radical (unpaired) electrons. The fourth-order valence-corrected chi connectivity index (χ4v) is 4.23. The minimum Gasteiger partial charge on any atom is -0.487 e. The van der Waals surface area contributed by atoms with Crippen LogP contribution >= 0.6 is 0 Å². The molecular weight excluding hydrogens is 378 g/mol. The molecule has 2 aromatic carbocycles. The largest absolute Gasteiger partial charge is 0.487 e. The molecule has 0 unspecified atom stereocenters. The Kier molecular flexibility index (Phi) is 5.93. The van der Waals surface area contributed by atoms with E-state index in [4.69, 9.17) is 4.74 Å². The van der Waals surface area contributed by atoms with Crippen LogP contribution in [-0.2, 0) is 4.79 Å². The Labute approximate surface area is 177 Å². The van der Waals surface area contributed by atoms with Gasteiger partial charge in [-0.2, -0.15) is 0 Å². The van der Waals surface area contributed by atoms with Crippen molar-refractivity contribution in [1.82, 2.24) is 10.2 Å². The normalized spacial score (nSPS) is 20.1. The van der Waals surface area contributed by atoms with Crippen molar-refractivity contribution < 1.29 is 14.3 Å². The molecule has 4 rings (SSSR count). The van der Waals surface area contributed by atoms with Gasteiger partial charge in [-0.05, 0) is 44.4 Å². The van der Waals surface area contributed by atoms with Crippen molar-refractivity contribution >= 4 is 17.6 Å². The molecule has 6 heteroatoms. The van der Waals surface area contributed by atoms with E-state index in [-0.39, 0.29) is 30.0 Å². The summed E-state index contributed by atoms with van der Waals surface area (Å²) in [5.41, 5.74) is 1.91. The number of nitrogens with one attached hydrogen (secondary N) is 1. The number of hydrogen-bond donors (Lipinski definition) is 1. The second kappa shape index (κ2) is 8.78. The molecule has 158 valence electrons. The number of rotatable bonds is 3. The van der Waals surface area contributed by atoms with Gasteiger partial charge in [0.25, 0.3) is 0 Å². The van der Waals surface area contributed by atoms with Gasteiger partial charge in [-0.25, -0.2) is 4.79 Å². The van der Waals surface area contributed by atoms with Gasteiger partial charge in [-0.1, -0.05) is 42.5 Å². The summed E-state index contributed by atoms with van der Waals surface area (Å²) >= 11 is 0. The Hall–Kier alpha value is -3.02. The van der Waals surface area contributed by atoms with E-state index in [9.17, 15) is 9.59 Å². The van der Waals surface area contributed by atoms with Gasteiger partial charge in [0.2, 0.25) is 5.91 Å². The predicted octanol–water partition coefficient (Wildman–Crippen LogP) is 3.98. The van der Waals surface area contributed by atoms with Crippen LogP contribution in [0.15, 0.2) is 54.6 Å². The van der Waals surface area contributed by atoms with Crippen molar-refractivity contribution in [3.8, 4) is 5.75 Å². The summed E-state index contributed by atoms with van der Waals surface area (Å²) in [5.74, 6) is 0.758. The lowest BCUT2D eigenvalue weighted by Crippen LogP contribution is -2.52. The van der Waals surface area contributed by atoms with E-state index in [1.54, 1.807) is 4.90 Å². The first kappa shape index (κ1) is 20.3. The molecule has 2 aromatic rings. The fraction of sp³-hybridized carbons (Fsp3) is 0.417. The van der Waals surface area contributed by atoms with Crippen molar-refractivity contribution in [2.24, 2.45) is 5.92 Å². The SMILES string of the molecule is C[C@@H]1CN(C(=O)N2CCC(C(=O)N[C@H](C)c3ccccc3)CC2)c2ccccc2O1. The van der Waals surface area contributed by atoms with Crippen LogP contribution in [0.5, 0.6) is 5.75 Å². The lowest BCUT2D eigenvalue weighted by atomic mass is 9.95. The number of ether oxygens (including phenoxy) is 1. The Morgan fingerprint density at radius 3 is 2.43 bits per heavy atom. The van der Waals surface area contributed by atoms with Crippen molar-refractivity contribution in [2.75, 3.05) is 24.5 Å². The first-order valence-electron chi connectivity index (χ1n) is 10.7. The predicted molar refractivity (Wildman–Crippen MR) is 117 cm³/mol. The summed E-state index contributed by atoms with van der Waals surface area (Å²) in [7, 11) is 0. The molecule has 6 nitrogen and oxygen atoms in total. The highest BCUT2D eigenvalue weighted by molar-refractivity contribution is 5.94. The number of hydrogen-bond acceptors (Lipinski definition) is 3. The molecule has 3 amide bonds. The summed E-state index contributed by atoms with van der Waals surface area (Å²) in [6.07, 6.45) is 1.31. The standard InChI is InChI=1S/C24H29N3O3/c1-17-16-27(21-10-6-7-11-22(21)30-17)24(29)26-14-12-20(13-15-26)23(28)25-18(2)19-8-4-3-5-9-19/h3-11,17-18,20H,12-16H2,1-2H3,(H,25,28)/t17-,18-/m1/s1. The molecule has 2 atom stereocenters. The third-order valence-corrected chi connectivity index (χ3v) is 5.95. The van der Waals surface area contributed by atoms with Crippen LogP contribution in [0.25, 0.3) is 0 Å². The van der Waals surface area contributed by atoms with Crippen LogP contribution in [0, 0.1) is 5.92 Å². The van der Waals surface area contributed by atoms with Gasteiger partial charge in [0.15, 0.2) is 0 Å².